The van der Waals surface area contributed by atoms with Crippen molar-refractivity contribution in [2.24, 2.45) is 11.8 Å². The second-order valence-corrected chi connectivity index (χ2v) is 5.16. The molecule has 1 aliphatic carbocycles. The van der Waals surface area contributed by atoms with Crippen molar-refractivity contribution >= 4 is 0 Å². The second kappa shape index (κ2) is 6.49. The topological polar surface area (TPSA) is 29.5 Å². The largest absolute Gasteiger partial charge is 0.390 e. The predicted molar refractivity (Wildman–Crippen MR) is 62.8 cm³/mol. The lowest BCUT2D eigenvalue weighted by Crippen LogP contribution is -2.41. The lowest BCUT2D eigenvalue weighted by Gasteiger charge is -2.36. The first-order chi connectivity index (χ1) is 7.15. The first kappa shape index (κ1) is 13.0. The molecular weight excluding hydrogens is 188 g/mol. The average molecular weight is 214 g/mol. The number of aliphatic hydroxyl groups is 1. The van der Waals surface area contributed by atoms with Crippen molar-refractivity contribution in [2.45, 2.75) is 65.1 Å². The molecule has 0 bridgehead atoms. The lowest BCUT2D eigenvalue weighted by atomic mass is 9.79. The van der Waals surface area contributed by atoms with E-state index in [4.69, 9.17) is 4.74 Å². The highest BCUT2D eigenvalue weighted by Crippen LogP contribution is 2.31. The Labute approximate surface area is 94.0 Å². The maximum absolute atomic E-state index is 9.94. The van der Waals surface area contributed by atoms with E-state index in [9.17, 15) is 5.11 Å². The van der Waals surface area contributed by atoms with Crippen LogP contribution < -0.4 is 0 Å². The Bertz CT molecular complexity index is 158. The third-order valence-electron chi connectivity index (χ3n) is 3.42. The van der Waals surface area contributed by atoms with E-state index in [-0.39, 0.29) is 12.2 Å². The zero-order valence-corrected chi connectivity index (χ0v) is 10.4. The minimum absolute atomic E-state index is 0.0815. The summed E-state index contributed by atoms with van der Waals surface area (Å²) in [7, 11) is 0. The third-order valence-corrected chi connectivity index (χ3v) is 3.42. The van der Waals surface area contributed by atoms with Gasteiger partial charge in [0, 0.05) is 6.61 Å². The first-order valence-electron chi connectivity index (χ1n) is 6.44. The molecule has 15 heavy (non-hydrogen) atoms. The molecule has 2 heteroatoms. The summed E-state index contributed by atoms with van der Waals surface area (Å²) in [5, 5.41) is 9.94. The molecule has 2 nitrogen and oxygen atoms in total. The van der Waals surface area contributed by atoms with Crippen LogP contribution in [-0.4, -0.2) is 23.9 Å². The van der Waals surface area contributed by atoms with Gasteiger partial charge in [-0.3, -0.25) is 0 Å². The van der Waals surface area contributed by atoms with Crippen molar-refractivity contribution in [1.82, 2.24) is 0 Å². The highest BCUT2D eigenvalue weighted by Gasteiger charge is 2.33. The van der Waals surface area contributed by atoms with Crippen LogP contribution in [0.5, 0.6) is 0 Å². The summed E-state index contributed by atoms with van der Waals surface area (Å²) in [5.74, 6) is 1.15. The fourth-order valence-electron chi connectivity index (χ4n) is 2.64. The molecule has 0 aliphatic heterocycles. The first-order valence-corrected chi connectivity index (χ1v) is 6.44. The minimum atomic E-state index is -0.245. The number of unbranched alkanes of at least 4 members (excludes halogenated alkanes) is 2. The van der Waals surface area contributed by atoms with Gasteiger partial charge < -0.3 is 9.84 Å². The van der Waals surface area contributed by atoms with Gasteiger partial charge in [-0.25, -0.2) is 0 Å². The number of hydrogen-bond acceptors (Lipinski definition) is 2. The molecule has 4 unspecified atom stereocenters. The monoisotopic (exact) mass is 214 g/mol. The molecule has 1 N–H and O–H groups in total. The molecule has 4 atom stereocenters. The van der Waals surface area contributed by atoms with Crippen LogP contribution in [0.15, 0.2) is 0 Å². The Kier molecular flexibility index (Phi) is 5.62. The molecule has 0 heterocycles. The molecule has 0 saturated heterocycles. The van der Waals surface area contributed by atoms with Crippen LogP contribution in [-0.2, 0) is 4.74 Å². The quantitative estimate of drug-likeness (QED) is 0.713. The zero-order chi connectivity index (χ0) is 11.3. The van der Waals surface area contributed by atoms with Crippen molar-refractivity contribution in [3.05, 3.63) is 0 Å². The summed E-state index contributed by atoms with van der Waals surface area (Å²) in [6.45, 7) is 7.42. The van der Waals surface area contributed by atoms with Gasteiger partial charge in [0.15, 0.2) is 0 Å². The molecule has 1 aliphatic rings. The molecule has 1 fully saturated rings. The third kappa shape index (κ3) is 4.12. The zero-order valence-electron chi connectivity index (χ0n) is 10.4. The van der Waals surface area contributed by atoms with Gasteiger partial charge in [0.1, 0.15) is 0 Å². The summed E-state index contributed by atoms with van der Waals surface area (Å²) in [4.78, 5) is 0. The van der Waals surface area contributed by atoms with Gasteiger partial charge in [-0.15, -0.1) is 0 Å². The van der Waals surface area contributed by atoms with Crippen LogP contribution in [0, 0.1) is 11.8 Å². The molecule has 90 valence electrons. The van der Waals surface area contributed by atoms with Crippen LogP contribution in [0.1, 0.15) is 52.9 Å². The summed E-state index contributed by atoms with van der Waals surface area (Å²) < 4.78 is 5.81. The molecule has 0 amide bonds. The van der Waals surface area contributed by atoms with Crippen LogP contribution in [0.25, 0.3) is 0 Å². The van der Waals surface area contributed by atoms with Crippen LogP contribution in [0.3, 0.4) is 0 Å². The van der Waals surface area contributed by atoms with Crippen LogP contribution in [0.2, 0.25) is 0 Å². The van der Waals surface area contributed by atoms with Crippen molar-refractivity contribution in [2.75, 3.05) is 6.61 Å². The summed E-state index contributed by atoms with van der Waals surface area (Å²) in [6, 6.07) is 0. The number of aliphatic hydroxyl groups excluding tert-OH is 1. The van der Waals surface area contributed by atoms with Crippen molar-refractivity contribution in [3.63, 3.8) is 0 Å². The minimum Gasteiger partial charge on any atom is -0.390 e. The van der Waals surface area contributed by atoms with Gasteiger partial charge in [0.05, 0.1) is 12.2 Å². The van der Waals surface area contributed by atoms with Gasteiger partial charge in [-0.05, 0) is 31.1 Å². The average Bonchev–Trinajstić information content (AvgIpc) is 2.15. The van der Waals surface area contributed by atoms with Gasteiger partial charge in [0.25, 0.3) is 0 Å². The lowest BCUT2D eigenvalue weighted by molar-refractivity contribution is -0.0962. The Morgan fingerprint density at radius 3 is 2.53 bits per heavy atom. The van der Waals surface area contributed by atoms with Gasteiger partial charge in [-0.2, -0.15) is 0 Å². The SMILES string of the molecule is CCCCCOC1C(C)CC(C)CC1O. The molecule has 0 spiro atoms. The summed E-state index contributed by atoms with van der Waals surface area (Å²) in [6.07, 6.45) is 5.51. The number of hydrogen-bond donors (Lipinski definition) is 1. The van der Waals surface area contributed by atoms with E-state index < -0.39 is 0 Å². The van der Waals surface area contributed by atoms with Crippen molar-refractivity contribution in [3.8, 4) is 0 Å². The fourth-order valence-corrected chi connectivity index (χ4v) is 2.64. The fraction of sp³-hybridized carbons (Fsp3) is 1.00. The standard InChI is InChI=1S/C13H26O2/c1-4-5-6-7-15-13-11(3)8-10(2)9-12(13)14/h10-14H,4-9H2,1-3H3. The summed E-state index contributed by atoms with van der Waals surface area (Å²) in [5.41, 5.74) is 0. The van der Waals surface area contributed by atoms with E-state index in [0.29, 0.717) is 11.8 Å². The Balaban J connectivity index is 2.26. The highest BCUT2D eigenvalue weighted by atomic mass is 16.5. The smallest absolute Gasteiger partial charge is 0.0859 e. The highest BCUT2D eigenvalue weighted by molar-refractivity contribution is 4.83. The maximum atomic E-state index is 9.94. The maximum Gasteiger partial charge on any atom is 0.0859 e. The molecule has 0 aromatic heterocycles. The number of ether oxygens (including phenoxy) is 1. The molecule has 0 aromatic carbocycles. The van der Waals surface area contributed by atoms with Gasteiger partial charge in [-0.1, -0.05) is 33.6 Å². The second-order valence-electron chi connectivity index (χ2n) is 5.16. The van der Waals surface area contributed by atoms with E-state index in [1.54, 1.807) is 0 Å². The van der Waals surface area contributed by atoms with Crippen molar-refractivity contribution < 1.29 is 9.84 Å². The van der Waals surface area contributed by atoms with E-state index in [0.717, 1.165) is 19.4 Å². The Morgan fingerprint density at radius 2 is 1.93 bits per heavy atom. The van der Waals surface area contributed by atoms with E-state index in [1.807, 2.05) is 0 Å². The van der Waals surface area contributed by atoms with Crippen LogP contribution >= 0.6 is 0 Å². The van der Waals surface area contributed by atoms with E-state index in [2.05, 4.69) is 20.8 Å². The normalized spacial score (nSPS) is 36.8. The molecule has 1 rings (SSSR count). The van der Waals surface area contributed by atoms with Gasteiger partial charge in [0.2, 0.25) is 0 Å². The predicted octanol–water partition coefficient (Wildman–Crippen LogP) is 2.99. The Morgan fingerprint density at radius 1 is 1.20 bits per heavy atom. The Hall–Kier alpha value is -0.0800. The number of rotatable bonds is 5. The molecule has 1 saturated carbocycles. The molecule has 0 aromatic rings. The van der Waals surface area contributed by atoms with Gasteiger partial charge >= 0.3 is 0 Å². The molecule has 0 radical (unpaired) electrons. The summed E-state index contributed by atoms with van der Waals surface area (Å²) >= 11 is 0. The molecular formula is C13H26O2. The van der Waals surface area contributed by atoms with Crippen molar-refractivity contribution in [1.29, 1.82) is 0 Å². The van der Waals surface area contributed by atoms with E-state index >= 15 is 0 Å². The van der Waals surface area contributed by atoms with E-state index in [1.165, 1.54) is 19.3 Å². The van der Waals surface area contributed by atoms with Crippen LogP contribution in [0.4, 0.5) is 0 Å².